The topological polar surface area (TPSA) is 106 Å². The van der Waals surface area contributed by atoms with Crippen LogP contribution in [0.1, 0.15) is 12.0 Å². The molecule has 2 amide bonds. The highest BCUT2D eigenvalue weighted by Crippen LogP contribution is 2.13. The summed E-state index contributed by atoms with van der Waals surface area (Å²) in [6.45, 7) is 0. The van der Waals surface area contributed by atoms with E-state index in [-0.39, 0.29) is 23.3 Å². The Hall–Kier alpha value is -2.81. The fraction of sp³-hybridized carbons (Fsp3) is 0.222. The molecule has 0 saturated carbocycles. The molecule has 0 unspecified atom stereocenters. The minimum absolute atomic E-state index is 0.0985. The van der Waals surface area contributed by atoms with E-state index in [0.717, 1.165) is 12.1 Å². The molecule has 0 radical (unpaired) electrons. The SMILES string of the molecule is NC(=O)[C@H](CCS(=O)(=O)c1ccccc1)NC(=O)Cc1ccc(F)c(F)c1. The van der Waals surface area contributed by atoms with E-state index in [1.807, 2.05) is 0 Å². The van der Waals surface area contributed by atoms with Crippen LogP contribution in [-0.4, -0.2) is 32.0 Å². The highest BCUT2D eigenvalue weighted by Gasteiger charge is 2.23. The molecule has 2 rings (SSSR count). The number of hydrogen-bond acceptors (Lipinski definition) is 4. The summed E-state index contributed by atoms with van der Waals surface area (Å²) < 4.78 is 50.6. The van der Waals surface area contributed by atoms with Crippen LogP contribution in [0.5, 0.6) is 0 Å². The molecule has 2 aromatic carbocycles. The number of benzene rings is 2. The van der Waals surface area contributed by atoms with Crippen LogP contribution in [0.2, 0.25) is 0 Å². The molecule has 0 aliphatic rings. The number of nitrogens with one attached hydrogen (secondary N) is 1. The molecule has 27 heavy (non-hydrogen) atoms. The van der Waals surface area contributed by atoms with Gasteiger partial charge in [-0.1, -0.05) is 24.3 Å². The van der Waals surface area contributed by atoms with Gasteiger partial charge < -0.3 is 11.1 Å². The van der Waals surface area contributed by atoms with Crippen molar-refractivity contribution in [3.63, 3.8) is 0 Å². The van der Waals surface area contributed by atoms with Crippen molar-refractivity contribution in [3.8, 4) is 0 Å². The van der Waals surface area contributed by atoms with Gasteiger partial charge in [0.2, 0.25) is 11.8 Å². The van der Waals surface area contributed by atoms with E-state index in [2.05, 4.69) is 5.32 Å². The number of carbonyl (C=O) groups is 2. The number of primary amides is 1. The fourth-order valence-corrected chi connectivity index (χ4v) is 3.74. The monoisotopic (exact) mass is 396 g/mol. The van der Waals surface area contributed by atoms with E-state index < -0.39 is 45.1 Å². The standard InChI is InChI=1S/C18H18F2N2O4S/c19-14-7-6-12(10-15(14)20)11-17(23)22-16(18(21)24)8-9-27(25,26)13-4-2-1-3-5-13/h1-7,10,16H,8-9,11H2,(H2,21,24)(H,22,23)/t16-/m0/s1. The summed E-state index contributed by atoms with van der Waals surface area (Å²) in [5, 5.41) is 2.33. The molecule has 0 fully saturated rings. The first-order valence-corrected chi connectivity index (χ1v) is 9.64. The van der Waals surface area contributed by atoms with Crippen LogP contribution in [-0.2, 0) is 25.8 Å². The number of halogens is 2. The first kappa shape index (κ1) is 20.5. The van der Waals surface area contributed by atoms with Crippen molar-refractivity contribution in [3.05, 3.63) is 65.7 Å². The summed E-state index contributed by atoms with van der Waals surface area (Å²) in [7, 11) is -3.64. The fourth-order valence-electron chi connectivity index (χ4n) is 2.38. The maximum Gasteiger partial charge on any atom is 0.240 e. The van der Waals surface area contributed by atoms with E-state index >= 15 is 0 Å². The highest BCUT2D eigenvalue weighted by molar-refractivity contribution is 7.91. The van der Waals surface area contributed by atoms with Crippen LogP contribution in [0, 0.1) is 11.6 Å². The summed E-state index contributed by atoms with van der Waals surface area (Å²) in [6.07, 6.45) is -0.525. The second-order valence-corrected chi connectivity index (χ2v) is 7.98. The zero-order chi connectivity index (χ0) is 20.0. The lowest BCUT2D eigenvalue weighted by molar-refractivity contribution is -0.127. The van der Waals surface area contributed by atoms with Crippen molar-refractivity contribution in [1.29, 1.82) is 0 Å². The van der Waals surface area contributed by atoms with Crippen molar-refractivity contribution in [2.24, 2.45) is 5.73 Å². The molecule has 0 saturated heterocycles. The molecule has 0 heterocycles. The summed E-state index contributed by atoms with van der Waals surface area (Å²) in [5.41, 5.74) is 5.43. The van der Waals surface area contributed by atoms with E-state index in [1.165, 1.54) is 18.2 Å². The maximum absolute atomic E-state index is 13.2. The van der Waals surface area contributed by atoms with E-state index in [0.29, 0.717) is 0 Å². The number of rotatable bonds is 8. The summed E-state index contributed by atoms with van der Waals surface area (Å²) in [5.74, 6) is -4.09. The second-order valence-electron chi connectivity index (χ2n) is 5.87. The quantitative estimate of drug-likeness (QED) is 0.702. The lowest BCUT2D eigenvalue weighted by Gasteiger charge is -2.15. The van der Waals surface area contributed by atoms with Gasteiger partial charge in [0.1, 0.15) is 6.04 Å². The number of carbonyl (C=O) groups excluding carboxylic acids is 2. The summed E-state index contributed by atoms with van der Waals surface area (Å²) in [4.78, 5) is 23.7. The lowest BCUT2D eigenvalue weighted by Crippen LogP contribution is -2.45. The maximum atomic E-state index is 13.2. The van der Waals surface area contributed by atoms with E-state index in [1.54, 1.807) is 18.2 Å². The molecule has 0 bridgehead atoms. The molecule has 0 aliphatic carbocycles. The average molecular weight is 396 g/mol. The van der Waals surface area contributed by atoms with E-state index in [4.69, 9.17) is 5.73 Å². The number of sulfone groups is 1. The molecular formula is C18H18F2N2O4S. The largest absolute Gasteiger partial charge is 0.368 e. The van der Waals surface area contributed by atoms with Gasteiger partial charge in [0.05, 0.1) is 17.1 Å². The third-order valence-electron chi connectivity index (χ3n) is 3.80. The van der Waals surface area contributed by atoms with Crippen LogP contribution < -0.4 is 11.1 Å². The lowest BCUT2D eigenvalue weighted by atomic mass is 10.1. The number of amides is 2. The van der Waals surface area contributed by atoms with Crippen LogP contribution in [0.15, 0.2) is 53.4 Å². The van der Waals surface area contributed by atoms with Gasteiger partial charge in [0.15, 0.2) is 21.5 Å². The normalized spacial score (nSPS) is 12.4. The van der Waals surface area contributed by atoms with Crippen LogP contribution >= 0.6 is 0 Å². The van der Waals surface area contributed by atoms with Crippen molar-refractivity contribution < 1.29 is 26.8 Å². The Bertz CT molecular complexity index is 934. The molecule has 0 aliphatic heterocycles. The smallest absolute Gasteiger partial charge is 0.240 e. The molecule has 0 spiro atoms. The Kier molecular flexibility index (Phi) is 6.62. The van der Waals surface area contributed by atoms with Crippen LogP contribution in [0.3, 0.4) is 0 Å². The zero-order valence-corrected chi connectivity index (χ0v) is 15.0. The molecular weight excluding hydrogens is 378 g/mol. The Morgan fingerprint density at radius 3 is 2.30 bits per heavy atom. The zero-order valence-electron chi connectivity index (χ0n) is 14.2. The molecule has 1 atom stereocenters. The van der Waals surface area contributed by atoms with Gasteiger partial charge in [0.25, 0.3) is 0 Å². The molecule has 6 nitrogen and oxygen atoms in total. The first-order valence-electron chi connectivity index (χ1n) is 7.99. The summed E-state index contributed by atoms with van der Waals surface area (Å²) >= 11 is 0. The second kappa shape index (κ2) is 8.72. The third kappa shape index (κ3) is 5.85. The Morgan fingerprint density at radius 2 is 1.70 bits per heavy atom. The Labute approximate surface area is 155 Å². The Balaban J connectivity index is 1.99. The van der Waals surface area contributed by atoms with Crippen molar-refractivity contribution in [1.82, 2.24) is 5.32 Å². The average Bonchev–Trinajstić information content (AvgIpc) is 2.62. The predicted molar refractivity (Wildman–Crippen MR) is 94.3 cm³/mol. The van der Waals surface area contributed by atoms with Gasteiger partial charge in [-0.2, -0.15) is 0 Å². The number of hydrogen-bond donors (Lipinski definition) is 2. The minimum Gasteiger partial charge on any atom is -0.368 e. The molecule has 2 aromatic rings. The van der Waals surface area contributed by atoms with Gasteiger partial charge >= 0.3 is 0 Å². The van der Waals surface area contributed by atoms with E-state index in [9.17, 15) is 26.8 Å². The van der Waals surface area contributed by atoms with Crippen LogP contribution in [0.4, 0.5) is 8.78 Å². The van der Waals surface area contributed by atoms with Gasteiger partial charge in [0, 0.05) is 0 Å². The van der Waals surface area contributed by atoms with Gasteiger partial charge in [-0.3, -0.25) is 9.59 Å². The van der Waals surface area contributed by atoms with Crippen molar-refractivity contribution in [2.45, 2.75) is 23.8 Å². The van der Waals surface area contributed by atoms with Gasteiger partial charge in [-0.05, 0) is 36.2 Å². The molecule has 144 valence electrons. The predicted octanol–water partition coefficient (Wildman–Crippen LogP) is 1.34. The molecule has 9 heteroatoms. The number of nitrogens with two attached hydrogens (primary N) is 1. The Morgan fingerprint density at radius 1 is 1.04 bits per heavy atom. The van der Waals surface area contributed by atoms with Crippen molar-refractivity contribution >= 4 is 21.7 Å². The molecule has 0 aromatic heterocycles. The minimum atomic E-state index is -3.64. The van der Waals surface area contributed by atoms with Crippen molar-refractivity contribution in [2.75, 3.05) is 5.75 Å². The van der Waals surface area contributed by atoms with Gasteiger partial charge in [-0.15, -0.1) is 0 Å². The summed E-state index contributed by atoms with van der Waals surface area (Å²) in [6, 6.07) is 9.45. The molecule has 3 N–H and O–H groups in total. The van der Waals surface area contributed by atoms with Gasteiger partial charge in [-0.25, -0.2) is 17.2 Å². The van der Waals surface area contributed by atoms with Crippen LogP contribution in [0.25, 0.3) is 0 Å². The highest BCUT2D eigenvalue weighted by atomic mass is 32.2. The third-order valence-corrected chi connectivity index (χ3v) is 5.57. The first-order chi connectivity index (χ1) is 12.7.